The number of benzene rings is 2. The minimum absolute atomic E-state index is 0.249. The van der Waals surface area contributed by atoms with E-state index in [2.05, 4.69) is 31.2 Å². The smallest absolute Gasteiger partial charge is 0.314 e. The summed E-state index contributed by atoms with van der Waals surface area (Å²) in [5, 5.41) is 0. The highest BCUT2D eigenvalue weighted by molar-refractivity contribution is 5.75. The lowest BCUT2D eigenvalue weighted by Gasteiger charge is -2.30. The zero-order valence-corrected chi connectivity index (χ0v) is 21.5. The molecule has 2 aliphatic rings. The van der Waals surface area contributed by atoms with Crippen molar-refractivity contribution < 1.29 is 23.0 Å². The van der Waals surface area contributed by atoms with E-state index in [0.717, 1.165) is 18.8 Å². The molecule has 0 spiro atoms. The molecule has 0 saturated heterocycles. The van der Waals surface area contributed by atoms with Crippen LogP contribution in [0.25, 0.3) is 0 Å². The fourth-order valence-electron chi connectivity index (χ4n) is 5.91. The Bertz CT molecular complexity index is 1030. The van der Waals surface area contributed by atoms with Gasteiger partial charge in [-0.15, -0.1) is 0 Å². The molecule has 0 bridgehead atoms. The molecule has 0 N–H and O–H groups in total. The molecule has 194 valence electrons. The van der Waals surface area contributed by atoms with E-state index in [1.165, 1.54) is 68.0 Å². The number of ether oxygens (including phenoxy) is 2. The Labute approximate surface area is 213 Å². The van der Waals surface area contributed by atoms with Gasteiger partial charge in [-0.3, -0.25) is 4.79 Å². The quantitative estimate of drug-likeness (QED) is 0.208. The minimum Gasteiger partial charge on any atom is -0.462 e. The third-order valence-corrected chi connectivity index (χ3v) is 8.04. The van der Waals surface area contributed by atoms with Crippen LogP contribution in [-0.4, -0.2) is 5.97 Å². The molecule has 0 radical (unpaired) electrons. The van der Waals surface area contributed by atoms with Crippen molar-refractivity contribution in [3.8, 4) is 11.5 Å². The molecule has 2 saturated carbocycles. The number of rotatable bonds is 8. The zero-order valence-electron chi connectivity index (χ0n) is 21.5. The molecule has 36 heavy (non-hydrogen) atoms. The fourth-order valence-corrected chi connectivity index (χ4v) is 5.91. The fraction of sp³-hybridized carbons (Fsp3) is 0.516. The summed E-state index contributed by atoms with van der Waals surface area (Å²) < 4.78 is 38.8. The minimum atomic E-state index is -1.21. The van der Waals surface area contributed by atoms with Crippen LogP contribution in [0.1, 0.15) is 101 Å². The van der Waals surface area contributed by atoms with Crippen molar-refractivity contribution in [1.29, 1.82) is 0 Å². The lowest BCUT2D eigenvalue weighted by molar-refractivity contribution is -0.140. The molecule has 2 aromatic carbocycles. The van der Waals surface area contributed by atoms with E-state index in [-0.39, 0.29) is 11.7 Å². The third kappa shape index (κ3) is 6.35. The summed E-state index contributed by atoms with van der Waals surface area (Å²) in [6, 6.07) is 11.7. The van der Waals surface area contributed by atoms with Crippen LogP contribution in [0, 0.1) is 23.5 Å². The van der Waals surface area contributed by atoms with Crippen LogP contribution in [0.3, 0.4) is 0 Å². The van der Waals surface area contributed by atoms with Gasteiger partial charge in [0.1, 0.15) is 0 Å². The number of carbonyl (C=O) groups excluding carboxylic acids is 1. The molecule has 0 aromatic heterocycles. The third-order valence-electron chi connectivity index (χ3n) is 8.04. The van der Waals surface area contributed by atoms with Gasteiger partial charge in [0.25, 0.3) is 0 Å². The van der Waals surface area contributed by atoms with Crippen molar-refractivity contribution in [2.24, 2.45) is 11.8 Å². The predicted octanol–water partition coefficient (Wildman–Crippen LogP) is 8.83. The van der Waals surface area contributed by atoms with Gasteiger partial charge < -0.3 is 9.47 Å². The molecule has 4 rings (SSSR count). The second kappa shape index (κ2) is 12.5. The van der Waals surface area contributed by atoms with E-state index in [1.54, 1.807) is 13.0 Å². The van der Waals surface area contributed by atoms with Crippen LogP contribution in [0.5, 0.6) is 11.5 Å². The molecule has 3 nitrogen and oxygen atoms in total. The molecular weight excluding hydrogens is 458 g/mol. The van der Waals surface area contributed by atoms with E-state index in [1.807, 2.05) is 0 Å². The molecule has 2 aromatic rings. The average Bonchev–Trinajstić information content (AvgIpc) is 2.92. The molecule has 2 aliphatic carbocycles. The summed E-state index contributed by atoms with van der Waals surface area (Å²) in [5.74, 6) is -1.81. The standard InChI is InChI=1S/C31H38F2O3/c1-3-5-21-6-8-22(9-7-21)23-10-12-24(13-11-23)25-14-16-26(17-15-25)31(34)36-28-19-18-27(35-20-4-2)29(32)30(28)33/h4,10-13,18-22,25-26H,3,5-9,14-17H2,1-2H3/b20-4+. The maximum Gasteiger partial charge on any atom is 0.314 e. The van der Waals surface area contributed by atoms with E-state index in [4.69, 9.17) is 9.47 Å². The Hall–Kier alpha value is -2.69. The second-order valence-corrected chi connectivity index (χ2v) is 10.4. The number of esters is 1. The van der Waals surface area contributed by atoms with E-state index < -0.39 is 23.4 Å². The number of halogens is 2. The largest absolute Gasteiger partial charge is 0.462 e. The van der Waals surface area contributed by atoms with Crippen LogP contribution in [-0.2, 0) is 4.79 Å². The first-order valence-corrected chi connectivity index (χ1v) is 13.6. The monoisotopic (exact) mass is 496 g/mol. The Balaban J connectivity index is 1.28. The van der Waals surface area contributed by atoms with Crippen molar-refractivity contribution in [3.63, 3.8) is 0 Å². The zero-order chi connectivity index (χ0) is 25.5. The molecule has 5 heteroatoms. The summed E-state index contributed by atoms with van der Waals surface area (Å²) in [5.41, 5.74) is 2.79. The van der Waals surface area contributed by atoms with Crippen molar-refractivity contribution in [2.45, 2.75) is 89.9 Å². The first-order chi connectivity index (χ1) is 17.5. The van der Waals surface area contributed by atoms with Gasteiger partial charge in [-0.2, -0.15) is 8.78 Å². The molecule has 0 atom stereocenters. The maximum atomic E-state index is 14.4. The van der Waals surface area contributed by atoms with Gasteiger partial charge in [-0.05, 0) is 99.3 Å². The molecule has 0 aliphatic heterocycles. The number of hydrogen-bond donors (Lipinski definition) is 0. The summed E-state index contributed by atoms with van der Waals surface area (Å²) >= 11 is 0. The van der Waals surface area contributed by atoms with Crippen molar-refractivity contribution in [1.82, 2.24) is 0 Å². The van der Waals surface area contributed by atoms with Gasteiger partial charge in [0.15, 0.2) is 11.5 Å². The van der Waals surface area contributed by atoms with Crippen LogP contribution in [0.2, 0.25) is 0 Å². The van der Waals surface area contributed by atoms with Gasteiger partial charge in [-0.1, -0.05) is 50.1 Å². The lowest BCUT2D eigenvalue weighted by atomic mass is 9.76. The Morgan fingerprint density at radius 3 is 1.92 bits per heavy atom. The van der Waals surface area contributed by atoms with Gasteiger partial charge in [0.05, 0.1) is 12.2 Å². The maximum absolute atomic E-state index is 14.4. The van der Waals surface area contributed by atoms with Gasteiger partial charge in [0, 0.05) is 0 Å². The number of hydrogen-bond acceptors (Lipinski definition) is 3. The second-order valence-electron chi connectivity index (χ2n) is 10.4. The van der Waals surface area contributed by atoms with Gasteiger partial charge in [-0.25, -0.2) is 0 Å². The van der Waals surface area contributed by atoms with E-state index in [9.17, 15) is 13.6 Å². The van der Waals surface area contributed by atoms with Gasteiger partial charge >= 0.3 is 5.97 Å². The summed E-state index contributed by atoms with van der Waals surface area (Å²) in [4.78, 5) is 12.7. The van der Waals surface area contributed by atoms with Crippen LogP contribution < -0.4 is 9.47 Å². The van der Waals surface area contributed by atoms with Crippen molar-refractivity contribution in [3.05, 3.63) is 71.5 Å². The summed E-state index contributed by atoms with van der Waals surface area (Å²) in [7, 11) is 0. The SMILES string of the molecule is C/C=C/Oc1ccc(OC(=O)C2CCC(c3ccc(C4CCC(CCC)CC4)cc3)CC2)c(F)c1F. The molecular formula is C31H38F2O3. The Kier molecular flexibility index (Phi) is 9.17. The highest BCUT2D eigenvalue weighted by Crippen LogP contribution is 2.40. The van der Waals surface area contributed by atoms with Gasteiger partial charge in [0.2, 0.25) is 11.6 Å². The Morgan fingerprint density at radius 2 is 1.36 bits per heavy atom. The highest BCUT2D eigenvalue weighted by atomic mass is 19.2. The van der Waals surface area contributed by atoms with E-state index >= 15 is 0 Å². The van der Waals surface area contributed by atoms with Crippen molar-refractivity contribution in [2.75, 3.05) is 0 Å². The number of carbonyl (C=O) groups is 1. The van der Waals surface area contributed by atoms with Crippen LogP contribution in [0.15, 0.2) is 48.7 Å². The molecule has 2 fully saturated rings. The summed E-state index contributed by atoms with van der Waals surface area (Å²) in [6.07, 6.45) is 13.9. The molecule has 0 unspecified atom stereocenters. The molecule has 0 heterocycles. The normalized spacial score (nSPS) is 24.6. The number of allylic oxidation sites excluding steroid dienone is 1. The summed E-state index contributed by atoms with van der Waals surface area (Å²) in [6.45, 7) is 3.98. The van der Waals surface area contributed by atoms with Crippen LogP contribution >= 0.6 is 0 Å². The predicted molar refractivity (Wildman–Crippen MR) is 138 cm³/mol. The lowest BCUT2D eigenvalue weighted by Crippen LogP contribution is -2.25. The van der Waals surface area contributed by atoms with E-state index in [0.29, 0.717) is 24.7 Å². The average molecular weight is 497 g/mol. The first-order valence-electron chi connectivity index (χ1n) is 13.6. The van der Waals surface area contributed by atoms with Crippen LogP contribution in [0.4, 0.5) is 8.78 Å². The molecule has 0 amide bonds. The van der Waals surface area contributed by atoms with Crippen molar-refractivity contribution >= 4 is 5.97 Å². The first kappa shape index (κ1) is 26.4. The highest BCUT2D eigenvalue weighted by Gasteiger charge is 2.30. The Morgan fingerprint density at radius 1 is 0.833 bits per heavy atom. The topological polar surface area (TPSA) is 35.5 Å².